The van der Waals surface area contributed by atoms with Crippen LogP contribution in [0.2, 0.25) is 0 Å². The van der Waals surface area contributed by atoms with Crippen LogP contribution < -0.4 is 11.3 Å². The third-order valence-electron chi connectivity index (χ3n) is 1.59. The SMILES string of the molecule is Cc1[nH][nH]c(=O)c1C(N)C(=O)O. The van der Waals surface area contributed by atoms with E-state index in [1.54, 1.807) is 6.92 Å². The van der Waals surface area contributed by atoms with Gasteiger partial charge in [-0.15, -0.1) is 0 Å². The maximum atomic E-state index is 11.0. The van der Waals surface area contributed by atoms with Gasteiger partial charge in [-0.25, -0.2) is 0 Å². The molecule has 0 fully saturated rings. The molecule has 0 radical (unpaired) electrons. The first kappa shape index (κ1) is 8.54. The van der Waals surface area contributed by atoms with E-state index in [0.29, 0.717) is 5.69 Å². The number of aromatic nitrogens is 2. The van der Waals surface area contributed by atoms with Gasteiger partial charge in [0.25, 0.3) is 5.56 Å². The van der Waals surface area contributed by atoms with Gasteiger partial charge in [-0.1, -0.05) is 0 Å². The molecule has 0 saturated heterocycles. The van der Waals surface area contributed by atoms with E-state index in [-0.39, 0.29) is 5.56 Å². The van der Waals surface area contributed by atoms with E-state index in [1.165, 1.54) is 0 Å². The Balaban J connectivity index is 3.18. The molecule has 1 aromatic rings. The summed E-state index contributed by atoms with van der Waals surface area (Å²) in [6.07, 6.45) is 0. The zero-order chi connectivity index (χ0) is 9.30. The second-order valence-corrected chi connectivity index (χ2v) is 2.43. The Bertz CT molecular complexity index is 351. The van der Waals surface area contributed by atoms with E-state index < -0.39 is 17.6 Å². The van der Waals surface area contributed by atoms with Crippen LogP contribution in [0, 0.1) is 6.92 Å². The molecule has 1 heterocycles. The van der Waals surface area contributed by atoms with Gasteiger partial charge in [-0.2, -0.15) is 0 Å². The minimum Gasteiger partial charge on any atom is -0.480 e. The number of hydrogen-bond acceptors (Lipinski definition) is 3. The topological polar surface area (TPSA) is 112 Å². The first-order chi connectivity index (χ1) is 5.54. The summed E-state index contributed by atoms with van der Waals surface area (Å²) in [7, 11) is 0. The minimum absolute atomic E-state index is 0.0718. The van der Waals surface area contributed by atoms with Gasteiger partial charge in [-0.3, -0.25) is 14.7 Å². The smallest absolute Gasteiger partial charge is 0.325 e. The number of carbonyl (C=O) groups is 1. The fourth-order valence-corrected chi connectivity index (χ4v) is 0.953. The van der Waals surface area contributed by atoms with Crippen LogP contribution in [-0.4, -0.2) is 21.3 Å². The van der Waals surface area contributed by atoms with Gasteiger partial charge in [0.2, 0.25) is 0 Å². The van der Waals surface area contributed by atoms with E-state index in [0.717, 1.165) is 0 Å². The van der Waals surface area contributed by atoms with Crippen LogP contribution in [0.5, 0.6) is 0 Å². The summed E-state index contributed by atoms with van der Waals surface area (Å²) in [4.78, 5) is 21.4. The van der Waals surface area contributed by atoms with Crippen molar-refractivity contribution in [3.8, 4) is 0 Å². The fourth-order valence-electron chi connectivity index (χ4n) is 0.953. The molecule has 1 unspecified atom stereocenters. The highest BCUT2D eigenvalue weighted by Gasteiger charge is 2.20. The predicted molar refractivity (Wildman–Crippen MR) is 40.7 cm³/mol. The van der Waals surface area contributed by atoms with E-state index in [1.807, 2.05) is 0 Å². The number of H-pyrrole nitrogens is 2. The van der Waals surface area contributed by atoms with Crippen molar-refractivity contribution < 1.29 is 9.90 Å². The summed E-state index contributed by atoms with van der Waals surface area (Å²) in [5.41, 5.74) is 5.29. The number of aromatic amines is 2. The molecule has 0 amide bonds. The predicted octanol–water partition coefficient (Wildman–Crippen LogP) is -0.904. The Morgan fingerprint density at radius 2 is 2.17 bits per heavy atom. The summed E-state index contributed by atoms with van der Waals surface area (Å²) >= 11 is 0. The number of carboxylic acids is 1. The number of nitrogens with one attached hydrogen (secondary N) is 2. The average molecular weight is 171 g/mol. The number of nitrogens with two attached hydrogens (primary N) is 1. The highest BCUT2D eigenvalue weighted by molar-refractivity contribution is 5.75. The molecule has 0 saturated carbocycles. The zero-order valence-corrected chi connectivity index (χ0v) is 6.42. The Morgan fingerprint density at radius 3 is 2.50 bits per heavy atom. The maximum absolute atomic E-state index is 11.0. The number of rotatable bonds is 2. The molecule has 0 spiro atoms. The summed E-state index contributed by atoms with van der Waals surface area (Å²) in [6.45, 7) is 1.58. The van der Waals surface area contributed by atoms with Gasteiger partial charge in [-0.05, 0) is 6.92 Å². The third kappa shape index (κ3) is 1.24. The summed E-state index contributed by atoms with van der Waals surface area (Å²) < 4.78 is 0. The van der Waals surface area contributed by atoms with Crippen molar-refractivity contribution in [1.82, 2.24) is 10.2 Å². The molecule has 1 rings (SSSR count). The molecule has 0 aliphatic carbocycles. The number of carboxylic acid groups (broad SMARTS) is 1. The Kier molecular flexibility index (Phi) is 2.01. The number of hydrogen-bond donors (Lipinski definition) is 4. The summed E-state index contributed by atoms with van der Waals surface area (Å²) in [6, 6.07) is -1.26. The molecule has 1 atom stereocenters. The molecule has 0 aliphatic heterocycles. The van der Waals surface area contributed by atoms with Crippen LogP contribution >= 0.6 is 0 Å². The van der Waals surface area contributed by atoms with Gasteiger partial charge < -0.3 is 15.9 Å². The lowest BCUT2D eigenvalue weighted by molar-refractivity contribution is -0.138. The Morgan fingerprint density at radius 1 is 1.58 bits per heavy atom. The van der Waals surface area contributed by atoms with Crippen molar-refractivity contribution in [3.05, 3.63) is 21.6 Å². The molecule has 6 heteroatoms. The van der Waals surface area contributed by atoms with Crippen LogP contribution in [-0.2, 0) is 4.79 Å². The first-order valence-electron chi connectivity index (χ1n) is 3.29. The molecule has 1 aromatic heterocycles. The lowest BCUT2D eigenvalue weighted by Gasteiger charge is -2.01. The molecular formula is C6H9N3O3. The molecule has 0 aromatic carbocycles. The third-order valence-corrected chi connectivity index (χ3v) is 1.59. The van der Waals surface area contributed by atoms with Crippen LogP contribution in [0.3, 0.4) is 0 Å². The first-order valence-corrected chi connectivity index (χ1v) is 3.29. The van der Waals surface area contributed by atoms with Crippen LogP contribution in [0.1, 0.15) is 17.3 Å². The summed E-state index contributed by atoms with van der Waals surface area (Å²) in [5, 5.41) is 13.3. The molecule has 66 valence electrons. The normalized spacial score (nSPS) is 12.8. The number of aliphatic carboxylic acids is 1. The van der Waals surface area contributed by atoms with Gasteiger partial charge >= 0.3 is 5.97 Å². The van der Waals surface area contributed by atoms with Crippen molar-refractivity contribution in [2.24, 2.45) is 5.73 Å². The molecule has 0 aliphatic rings. The van der Waals surface area contributed by atoms with E-state index in [4.69, 9.17) is 10.8 Å². The van der Waals surface area contributed by atoms with Gasteiger partial charge in [0.1, 0.15) is 6.04 Å². The maximum Gasteiger partial charge on any atom is 0.325 e. The van der Waals surface area contributed by atoms with E-state index >= 15 is 0 Å². The molecule has 0 bridgehead atoms. The second kappa shape index (κ2) is 2.82. The monoisotopic (exact) mass is 171 g/mol. The second-order valence-electron chi connectivity index (χ2n) is 2.43. The van der Waals surface area contributed by atoms with Crippen LogP contribution in [0.15, 0.2) is 4.79 Å². The van der Waals surface area contributed by atoms with Crippen LogP contribution in [0.25, 0.3) is 0 Å². The van der Waals surface area contributed by atoms with E-state index in [9.17, 15) is 9.59 Å². The van der Waals surface area contributed by atoms with Crippen LogP contribution in [0.4, 0.5) is 0 Å². The lowest BCUT2D eigenvalue weighted by atomic mass is 10.1. The quantitative estimate of drug-likeness (QED) is 0.461. The largest absolute Gasteiger partial charge is 0.480 e. The lowest BCUT2D eigenvalue weighted by Crippen LogP contribution is -2.26. The van der Waals surface area contributed by atoms with Crippen molar-refractivity contribution in [2.75, 3.05) is 0 Å². The standard InChI is InChI=1S/C6H9N3O3/c1-2-3(4(7)6(11)12)5(10)9-8-2/h4H,7H2,1H3,(H,11,12)(H2,8,9,10). The highest BCUT2D eigenvalue weighted by Crippen LogP contribution is 2.07. The van der Waals surface area contributed by atoms with Crippen molar-refractivity contribution in [2.45, 2.75) is 13.0 Å². The van der Waals surface area contributed by atoms with Crippen molar-refractivity contribution in [3.63, 3.8) is 0 Å². The fraction of sp³-hybridized carbons (Fsp3) is 0.333. The van der Waals surface area contributed by atoms with Gasteiger partial charge in [0, 0.05) is 5.69 Å². The molecule has 12 heavy (non-hydrogen) atoms. The summed E-state index contributed by atoms with van der Waals surface area (Å²) in [5.74, 6) is -1.22. The Labute approximate surface area is 67.4 Å². The molecule has 6 nitrogen and oxygen atoms in total. The highest BCUT2D eigenvalue weighted by atomic mass is 16.4. The van der Waals surface area contributed by atoms with Gasteiger partial charge in [0.05, 0.1) is 5.56 Å². The van der Waals surface area contributed by atoms with E-state index in [2.05, 4.69) is 10.2 Å². The molecule has 5 N–H and O–H groups in total. The number of aryl methyl sites for hydroxylation is 1. The molecular weight excluding hydrogens is 162 g/mol. The van der Waals surface area contributed by atoms with Crippen molar-refractivity contribution >= 4 is 5.97 Å². The van der Waals surface area contributed by atoms with Gasteiger partial charge in [0.15, 0.2) is 0 Å². The van der Waals surface area contributed by atoms with Crippen molar-refractivity contribution in [1.29, 1.82) is 0 Å². The Hall–Kier alpha value is -1.56. The minimum atomic E-state index is -1.26. The average Bonchev–Trinajstić information content (AvgIpc) is 2.30. The zero-order valence-electron chi connectivity index (χ0n) is 6.42.